The van der Waals surface area contributed by atoms with Gasteiger partial charge in [-0.2, -0.15) is 0 Å². The van der Waals surface area contributed by atoms with Crippen molar-refractivity contribution < 1.29 is 14.7 Å². The fourth-order valence-electron chi connectivity index (χ4n) is 2.66. The third-order valence-electron chi connectivity index (χ3n) is 4.09. The number of carbonyl (C=O) groups is 1. The number of benzene rings is 3. The van der Waals surface area contributed by atoms with Crippen molar-refractivity contribution in [2.45, 2.75) is 6.10 Å². The van der Waals surface area contributed by atoms with Crippen molar-refractivity contribution >= 4 is 22.9 Å². The van der Waals surface area contributed by atoms with E-state index in [1.165, 1.54) is 7.11 Å². The van der Waals surface area contributed by atoms with Gasteiger partial charge in [-0.15, -0.1) is 0 Å². The van der Waals surface area contributed by atoms with Gasteiger partial charge in [0.25, 0.3) is 5.91 Å². The first-order valence-electron chi connectivity index (χ1n) is 8.29. The second kappa shape index (κ2) is 8.27. The van der Waals surface area contributed by atoms with Crippen LogP contribution in [0.2, 0.25) is 0 Å². The van der Waals surface area contributed by atoms with Crippen LogP contribution in [0.1, 0.15) is 27.6 Å². The van der Waals surface area contributed by atoms with Gasteiger partial charge in [0.1, 0.15) is 7.11 Å². The molecule has 0 radical (unpaired) electrons. The first kappa shape index (κ1) is 17.6. The van der Waals surface area contributed by atoms with E-state index in [4.69, 9.17) is 0 Å². The minimum atomic E-state index is -0.767. The molecular formula is C21H20N2O3. The van der Waals surface area contributed by atoms with Crippen molar-refractivity contribution in [3.63, 3.8) is 0 Å². The Kier molecular flexibility index (Phi) is 5.61. The van der Waals surface area contributed by atoms with E-state index in [2.05, 4.69) is 15.3 Å². The molecule has 0 saturated heterocycles. The van der Waals surface area contributed by atoms with Crippen molar-refractivity contribution in [2.75, 3.05) is 13.7 Å². The fraction of sp³-hybridized carbons (Fsp3) is 0.143. The minimum Gasteiger partial charge on any atom is -0.399 e. The number of aliphatic hydroxyl groups excluding tert-OH is 1. The maximum atomic E-state index is 12.2. The largest absolute Gasteiger partial charge is 0.399 e. The van der Waals surface area contributed by atoms with E-state index in [1.54, 1.807) is 30.5 Å². The van der Waals surface area contributed by atoms with Gasteiger partial charge in [-0.3, -0.25) is 4.79 Å². The predicted octanol–water partition coefficient (Wildman–Crippen LogP) is 3.28. The first-order chi connectivity index (χ1) is 12.7. The van der Waals surface area contributed by atoms with Gasteiger partial charge in [0.2, 0.25) is 0 Å². The quantitative estimate of drug-likeness (QED) is 0.530. The average molecular weight is 348 g/mol. The molecule has 2 N–H and O–H groups in total. The third-order valence-corrected chi connectivity index (χ3v) is 4.09. The molecule has 0 heterocycles. The number of hydrogen-bond acceptors (Lipinski definition) is 4. The number of hydrogen-bond donors (Lipinski definition) is 2. The molecule has 0 saturated carbocycles. The lowest BCUT2D eigenvalue weighted by molar-refractivity contribution is 0.0916. The maximum absolute atomic E-state index is 12.2. The molecule has 1 atom stereocenters. The van der Waals surface area contributed by atoms with Crippen LogP contribution in [0.5, 0.6) is 0 Å². The van der Waals surface area contributed by atoms with Crippen LogP contribution < -0.4 is 5.32 Å². The summed E-state index contributed by atoms with van der Waals surface area (Å²) in [5.74, 6) is -0.236. The maximum Gasteiger partial charge on any atom is 0.251 e. The number of aliphatic hydroxyl groups is 1. The van der Waals surface area contributed by atoms with Crippen LogP contribution in [0.4, 0.5) is 0 Å². The van der Waals surface area contributed by atoms with Crippen LogP contribution in [0.15, 0.2) is 71.9 Å². The van der Waals surface area contributed by atoms with Gasteiger partial charge >= 0.3 is 0 Å². The number of amides is 1. The summed E-state index contributed by atoms with van der Waals surface area (Å²) < 4.78 is 0. The molecule has 1 amide bonds. The lowest BCUT2D eigenvalue weighted by Gasteiger charge is -2.13. The smallest absolute Gasteiger partial charge is 0.251 e. The number of nitrogens with one attached hydrogen (secondary N) is 1. The molecule has 0 bridgehead atoms. The topological polar surface area (TPSA) is 70.9 Å². The minimum absolute atomic E-state index is 0.143. The Morgan fingerprint density at radius 3 is 2.58 bits per heavy atom. The summed E-state index contributed by atoms with van der Waals surface area (Å²) in [6.07, 6.45) is 0.794. The van der Waals surface area contributed by atoms with Crippen LogP contribution in [-0.4, -0.2) is 30.9 Å². The SMILES string of the molecule is CO/N=C/c1ccc(C(=O)NCC(O)c2ccc3ccccc3c2)cc1. The molecule has 3 aromatic carbocycles. The highest BCUT2D eigenvalue weighted by molar-refractivity contribution is 5.95. The highest BCUT2D eigenvalue weighted by atomic mass is 16.6. The van der Waals surface area contributed by atoms with Crippen molar-refractivity contribution in [2.24, 2.45) is 5.16 Å². The second-order valence-electron chi connectivity index (χ2n) is 5.87. The Morgan fingerprint density at radius 2 is 1.85 bits per heavy atom. The number of nitrogens with zero attached hydrogens (tertiary/aromatic N) is 1. The fourth-order valence-corrected chi connectivity index (χ4v) is 2.66. The van der Waals surface area contributed by atoms with Gasteiger partial charge in [0.15, 0.2) is 0 Å². The summed E-state index contributed by atoms with van der Waals surface area (Å²) in [5.41, 5.74) is 2.13. The highest BCUT2D eigenvalue weighted by Crippen LogP contribution is 2.20. The molecule has 3 aromatic rings. The summed E-state index contributed by atoms with van der Waals surface area (Å²) >= 11 is 0. The molecule has 0 spiro atoms. The lowest BCUT2D eigenvalue weighted by atomic mass is 10.0. The van der Waals surface area contributed by atoms with Gasteiger partial charge in [-0.25, -0.2) is 0 Å². The highest BCUT2D eigenvalue weighted by Gasteiger charge is 2.11. The third kappa shape index (κ3) is 4.26. The van der Waals surface area contributed by atoms with Crippen LogP contribution in [0, 0.1) is 0 Å². The Bertz CT molecular complexity index is 920. The van der Waals surface area contributed by atoms with Crippen LogP contribution >= 0.6 is 0 Å². The molecule has 0 aromatic heterocycles. The monoisotopic (exact) mass is 348 g/mol. The molecule has 1 unspecified atom stereocenters. The predicted molar refractivity (Wildman–Crippen MR) is 102 cm³/mol. The lowest BCUT2D eigenvalue weighted by Crippen LogP contribution is -2.28. The summed E-state index contributed by atoms with van der Waals surface area (Å²) in [4.78, 5) is 16.9. The summed E-state index contributed by atoms with van der Waals surface area (Å²) in [5, 5.41) is 19.0. The van der Waals surface area contributed by atoms with Crippen molar-refractivity contribution in [3.8, 4) is 0 Å². The van der Waals surface area contributed by atoms with Crippen LogP contribution in [0.25, 0.3) is 10.8 Å². The van der Waals surface area contributed by atoms with E-state index in [9.17, 15) is 9.90 Å². The van der Waals surface area contributed by atoms with Gasteiger partial charge < -0.3 is 15.3 Å². The summed E-state index contributed by atoms with van der Waals surface area (Å²) in [6.45, 7) is 0.143. The van der Waals surface area contributed by atoms with Gasteiger partial charge in [-0.1, -0.05) is 53.7 Å². The summed E-state index contributed by atoms with van der Waals surface area (Å²) in [6, 6.07) is 20.7. The molecule has 132 valence electrons. The molecule has 26 heavy (non-hydrogen) atoms. The first-order valence-corrected chi connectivity index (χ1v) is 8.29. The van der Waals surface area contributed by atoms with E-state index in [1.807, 2.05) is 42.5 Å². The van der Waals surface area contributed by atoms with E-state index in [0.29, 0.717) is 5.56 Å². The molecule has 0 aliphatic rings. The zero-order valence-electron chi connectivity index (χ0n) is 14.4. The number of rotatable bonds is 6. The van der Waals surface area contributed by atoms with Crippen LogP contribution in [-0.2, 0) is 4.84 Å². The molecular weight excluding hydrogens is 328 g/mol. The molecule has 5 nitrogen and oxygen atoms in total. The molecule has 0 aliphatic heterocycles. The summed E-state index contributed by atoms with van der Waals surface area (Å²) in [7, 11) is 1.47. The van der Waals surface area contributed by atoms with E-state index < -0.39 is 6.10 Å². The number of fused-ring (bicyclic) bond motifs is 1. The van der Waals surface area contributed by atoms with Crippen molar-refractivity contribution in [3.05, 3.63) is 83.4 Å². The standard InChI is InChI=1S/C21H20N2O3/c1-26-23-13-15-6-8-17(9-7-15)21(25)22-14-20(24)19-11-10-16-4-2-3-5-18(16)12-19/h2-13,20,24H,14H2,1H3,(H,22,25)/b23-13+. The van der Waals surface area contributed by atoms with E-state index in [0.717, 1.165) is 21.9 Å². The Balaban J connectivity index is 1.61. The number of carbonyl (C=O) groups excluding carboxylic acids is 1. The van der Waals surface area contributed by atoms with Crippen LogP contribution in [0.3, 0.4) is 0 Å². The van der Waals surface area contributed by atoms with Crippen molar-refractivity contribution in [1.29, 1.82) is 0 Å². The Morgan fingerprint density at radius 1 is 1.12 bits per heavy atom. The molecule has 0 fully saturated rings. The number of oxime groups is 1. The normalized spacial score (nSPS) is 12.2. The zero-order chi connectivity index (χ0) is 18.4. The van der Waals surface area contributed by atoms with Gasteiger partial charge in [0, 0.05) is 12.1 Å². The average Bonchev–Trinajstić information content (AvgIpc) is 2.70. The Labute approximate surface area is 151 Å². The Hall–Kier alpha value is -3.18. The second-order valence-corrected chi connectivity index (χ2v) is 5.87. The van der Waals surface area contributed by atoms with Gasteiger partial charge in [0.05, 0.1) is 12.3 Å². The van der Waals surface area contributed by atoms with Crippen molar-refractivity contribution in [1.82, 2.24) is 5.32 Å². The molecule has 0 aliphatic carbocycles. The van der Waals surface area contributed by atoms with E-state index >= 15 is 0 Å². The van der Waals surface area contributed by atoms with Gasteiger partial charge in [-0.05, 0) is 40.1 Å². The molecule has 5 heteroatoms. The van der Waals surface area contributed by atoms with E-state index in [-0.39, 0.29) is 12.5 Å². The zero-order valence-corrected chi connectivity index (χ0v) is 14.4. The molecule has 3 rings (SSSR count).